The number of rotatable bonds is 6. The molecular weight excluding hydrogens is 214 g/mol. The van der Waals surface area contributed by atoms with Gasteiger partial charge in [-0.2, -0.15) is 0 Å². The van der Waals surface area contributed by atoms with Crippen LogP contribution in [0.25, 0.3) is 0 Å². The fraction of sp³-hybridized carbons (Fsp3) is 0.769. The van der Waals surface area contributed by atoms with Crippen molar-refractivity contribution in [3.8, 4) is 0 Å². The number of imidazole rings is 1. The van der Waals surface area contributed by atoms with Gasteiger partial charge in [0, 0.05) is 26.5 Å². The highest BCUT2D eigenvalue weighted by atomic mass is 16.5. The number of aromatic nitrogens is 2. The largest absolute Gasteiger partial charge is 0.385 e. The van der Waals surface area contributed by atoms with Crippen molar-refractivity contribution in [2.24, 2.45) is 11.1 Å². The Bertz CT molecular complexity index is 374. The Kier molecular flexibility index (Phi) is 3.27. The zero-order valence-corrected chi connectivity index (χ0v) is 11.1. The van der Waals surface area contributed by atoms with Gasteiger partial charge in [-0.05, 0) is 38.5 Å². The Labute approximate surface area is 103 Å². The third-order valence-corrected chi connectivity index (χ3v) is 3.67. The molecule has 0 aromatic carbocycles. The summed E-state index contributed by atoms with van der Waals surface area (Å²) in [5, 5.41) is 0. The van der Waals surface area contributed by atoms with Gasteiger partial charge in [0.2, 0.25) is 0 Å². The van der Waals surface area contributed by atoms with Gasteiger partial charge in [-0.25, -0.2) is 4.98 Å². The second-order valence-corrected chi connectivity index (χ2v) is 5.87. The van der Waals surface area contributed by atoms with Crippen LogP contribution in [0.5, 0.6) is 0 Å². The van der Waals surface area contributed by atoms with E-state index in [2.05, 4.69) is 9.55 Å². The molecule has 1 saturated carbocycles. The van der Waals surface area contributed by atoms with Gasteiger partial charge in [0.05, 0.1) is 17.6 Å². The molecule has 2 N–H and O–H groups in total. The maximum atomic E-state index is 6.16. The van der Waals surface area contributed by atoms with Crippen LogP contribution in [-0.2, 0) is 16.8 Å². The van der Waals surface area contributed by atoms with E-state index in [-0.39, 0.29) is 5.54 Å². The van der Waals surface area contributed by atoms with Gasteiger partial charge in [0.1, 0.15) is 0 Å². The van der Waals surface area contributed by atoms with Crippen molar-refractivity contribution in [2.45, 2.75) is 45.2 Å². The zero-order valence-electron chi connectivity index (χ0n) is 11.1. The maximum Gasteiger partial charge on any atom is 0.0948 e. The van der Waals surface area contributed by atoms with E-state index >= 15 is 0 Å². The molecule has 4 nitrogen and oxygen atoms in total. The van der Waals surface area contributed by atoms with Crippen molar-refractivity contribution in [3.63, 3.8) is 0 Å². The fourth-order valence-electron chi connectivity index (χ4n) is 2.33. The van der Waals surface area contributed by atoms with E-state index in [1.165, 1.54) is 12.8 Å². The van der Waals surface area contributed by atoms with Crippen molar-refractivity contribution in [1.29, 1.82) is 0 Å². The van der Waals surface area contributed by atoms with Crippen LogP contribution in [0.1, 0.15) is 38.8 Å². The summed E-state index contributed by atoms with van der Waals surface area (Å²) in [7, 11) is 1.77. The average Bonchev–Trinajstić information content (AvgIpc) is 2.82. The first kappa shape index (κ1) is 12.6. The van der Waals surface area contributed by atoms with Gasteiger partial charge >= 0.3 is 0 Å². The van der Waals surface area contributed by atoms with Crippen LogP contribution in [0.3, 0.4) is 0 Å². The third kappa shape index (κ3) is 2.87. The van der Waals surface area contributed by atoms with E-state index in [4.69, 9.17) is 10.5 Å². The first-order valence-electron chi connectivity index (χ1n) is 6.25. The molecule has 1 fully saturated rings. The Morgan fingerprint density at radius 1 is 1.53 bits per heavy atom. The predicted octanol–water partition coefficient (Wildman–Crippen LogP) is 1.89. The molecule has 1 heterocycles. The molecule has 0 saturated heterocycles. The molecule has 0 spiro atoms. The van der Waals surface area contributed by atoms with Crippen molar-refractivity contribution in [3.05, 3.63) is 18.2 Å². The molecule has 0 unspecified atom stereocenters. The minimum Gasteiger partial charge on any atom is -0.385 e. The maximum absolute atomic E-state index is 6.16. The number of ether oxygens (including phenoxy) is 1. The second kappa shape index (κ2) is 4.42. The molecule has 0 atom stereocenters. The molecule has 17 heavy (non-hydrogen) atoms. The molecule has 0 radical (unpaired) electrons. The molecule has 1 aromatic rings. The minimum absolute atomic E-state index is 0.326. The normalized spacial score (nSPS) is 18.4. The molecule has 0 amide bonds. The summed E-state index contributed by atoms with van der Waals surface area (Å²) >= 11 is 0. The molecule has 0 bridgehead atoms. The topological polar surface area (TPSA) is 53.1 Å². The standard InChI is InChI=1S/C13H23N3O/c1-12(2,14)11-8-15-10-16(11)9-13(4-5-13)6-7-17-3/h8,10H,4-7,9,14H2,1-3H3. The van der Waals surface area contributed by atoms with Crippen LogP contribution in [0.2, 0.25) is 0 Å². The number of hydrogen-bond acceptors (Lipinski definition) is 3. The SMILES string of the molecule is COCCC1(Cn2cncc2C(C)(C)N)CC1. The number of hydrogen-bond donors (Lipinski definition) is 1. The van der Waals surface area contributed by atoms with Gasteiger partial charge < -0.3 is 15.0 Å². The highest BCUT2D eigenvalue weighted by molar-refractivity contribution is 5.11. The zero-order chi connectivity index (χ0) is 12.5. The Balaban J connectivity index is 2.07. The van der Waals surface area contributed by atoms with Crippen LogP contribution in [0.15, 0.2) is 12.5 Å². The lowest BCUT2D eigenvalue weighted by Gasteiger charge is -2.23. The van der Waals surface area contributed by atoms with Gasteiger partial charge in [-0.15, -0.1) is 0 Å². The van der Waals surface area contributed by atoms with Gasteiger partial charge in [0.25, 0.3) is 0 Å². The summed E-state index contributed by atoms with van der Waals surface area (Å²) in [6.45, 7) is 5.91. The molecular formula is C13H23N3O. The minimum atomic E-state index is -0.326. The van der Waals surface area contributed by atoms with Crippen molar-refractivity contribution in [2.75, 3.05) is 13.7 Å². The summed E-state index contributed by atoms with van der Waals surface area (Å²) < 4.78 is 7.40. The van der Waals surface area contributed by atoms with Gasteiger partial charge in [-0.3, -0.25) is 0 Å². The van der Waals surface area contributed by atoms with E-state index in [9.17, 15) is 0 Å². The Hall–Kier alpha value is -0.870. The summed E-state index contributed by atoms with van der Waals surface area (Å²) in [6, 6.07) is 0. The Morgan fingerprint density at radius 3 is 2.76 bits per heavy atom. The summed E-state index contributed by atoms with van der Waals surface area (Å²) in [4.78, 5) is 4.23. The van der Waals surface area contributed by atoms with Gasteiger partial charge in [-0.1, -0.05) is 0 Å². The molecule has 1 aliphatic carbocycles. The number of methoxy groups -OCH3 is 1. The number of nitrogens with two attached hydrogens (primary N) is 1. The number of nitrogens with zero attached hydrogens (tertiary/aromatic N) is 2. The Morgan fingerprint density at radius 2 is 2.24 bits per heavy atom. The molecule has 1 aromatic heterocycles. The molecule has 1 aliphatic rings. The van der Waals surface area contributed by atoms with Crippen LogP contribution >= 0.6 is 0 Å². The predicted molar refractivity (Wildman–Crippen MR) is 67.6 cm³/mol. The summed E-state index contributed by atoms with van der Waals surface area (Å²) in [6.07, 6.45) is 7.49. The van der Waals surface area contributed by atoms with E-state index in [1.54, 1.807) is 7.11 Å². The molecule has 0 aliphatic heterocycles. The molecule has 4 heteroatoms. The van der Waals surface area contributed by atoms with E-state index < -0.39 is 0 Å². The van der Waals surface area contributed by atoms with Crippen LogP contribution in [-0.4, -0.2) is 23.3 Å². The van der Waals surface area contributed by atoms with E-state index in [1.807, 2.05) is 26.4 Å². The monoisotopic (exact) mass is 237 g/mol. The van der Waals surface area contributed by atoms with Crippen LogP contribution in [0, 0.1) is 5.41 Å². The van der Waals surface area contributed by atoms with E-state index in [0.29, 0.717) is 5.41 Å². The average molecular weight is 237 g/mol. The third-order valence-electron chi connectivity index (χ3n) is 3.67. The van der Waals surface area contributed by atoms with Crippen molar-refractivity contribution in [1.82, 2.24) is 9.55 Å². The van der Waals surface area contributed by atoms with Crippen LogP contribution < -0.4 is 5.73 Å². The first-order chi connectivity index (χ1) is 7.97. The fourth-order valence-corrected chi connectivity index (χ4v) is 2.33. The first-order valence-corrected chi connectivity index (χ1v) is 6.25. The van der Waals surface area contributed by atoms with Gasteiger partial charge in [0.15, 0.2) is 0 Å². The lowest BCUT2D eigenvalue weighted by atomic mass is 10.00. The lowest BCUT2D eigenvalue weighted by molar-refractivity contribution is 0.166. The quantitative estimate of drug-likeness (QED) is 0.822. The molecule has 96 valence electrons. The smallest absolute Gasteiger partial charge is 0.0948 e. The molecule has 2 rings (SSSR count). The lowest BCUT2D eigenvalue weighted by Crippen LogP contribution is -2.32. The van der Waals surface area contributed by atoms with Crippen molar-refractivity contribution >= 4 is 0 Å². The highest BCUT2D eigenvalue weighted by Gasteiger charge is 2.42. The van der Waals surface area contributed by atoms with E-state index in [0.717, 1.165) is 25.3 Å². The van der Waals surface area contributed by atoms with Crippen LogP contribution in [0.4, 0.5) is 0 Å². The summed E-state index contributed by atoms with van der Waals surface area (Å²) in [5.74, 6) is 0. The highest BCUT2D eigenvalue weighted by Crippen LogP contribution is 2.50. The summed E-state index contributed by atoms with van der Waals surface area (Å²) in [5.41, 5.74) is 7.37. The second-order valence-electron chi connectivity index (χ2n) is 5.87. The van der Waals surface area contributed by atoms with Crippen molar-refractivity contribution < 1.29 is 4.74 Å².